The second-order valence-corrected chi connectivity index (χ2v) is 5.94. The van der Waals surface area contributed by atoms with Crippen molar-refractivity contribution in [2.75, 3.05) is 0 Å². The molecule has 0 N–H and O–H groups in total. The highest BCUT2D eigenvalue weighted by Gasteiger charge is 2.07. The van der Waals surface area contributed by atoms with Crippen molar-refractivity contribution in [3.05, 3.63) is 34.3 Å². The van der Waals surface area contributed by atoms with Crippen molar-refractivity contribution in [3.8, 4) is 0 Å². The first kappa shape index (κ1) is 13.1. The second-order valence-electron chi connectivity index (χ2n) is 4.40. The number of benzene rings is 1. The van der Waals surface area contributed by atoms with Crippen LogP contribution in [0.5, 0.6) is 0 Å². The van der Waals surface area contributed by atoms with Crippen LogP contribution >= 0.6 is 27.5 Å². The van der Waals surface area contributed by atoms with E-state index in [2.05, 4.69) is 48.0 Å². The fourth-order valence-electron chi connectivity index (χ4n) is 1.54. The zero-order valence-electron chi connectivity index (χ0n) is 9.34. The molecule has 0 bridgehead atoms. The molecule has 0 radical (unpaired) electrons. The first-order valence-electron chi connectivity index (χ1n) is 5.46. The monoisotopic (exact) mass is 288 g/mol. The van der Waals surface area contributed by atoms with Gasteiger partial charge >= 0.3 is 0 Å². The molecule has 1 aromatic carbocycles. The van der Waals surface area contributed by atoms with Crippen LogP contribution in [-0.4, -0.2) is 5.38 Å². The largest absolute Gasteiger partial charge is 0.123 e. The van der Waals surface area contributed by atoms with E-state index in [0.717, 1.165) is 23.2 Å². The number of hydrogen-bond donors (Lipinski definition) is 0. The van der Waals surface area contributed by atoms with Gasteiger partial charge in [-0.05, 0) is 42.9 Å². The van der Waals surface area contributed by atoms with Gasteiger partial charge in [-0.2, -0.15) is 0 Å². The summed E-state index contributed by atoms with van der Waals surface area (Å²) in [6.45, 7) is 4.48. The Morgan fingerprint density at radius 2 is 2.00 bits per heavy atom. The lowest BCUT2D eigenvalue weighted by atomic mass is 10.0. The molecule has 0 spiro atoms. The Labute approximate surface area is 106 Å². The van der Waals surface area contributed by atoms with Crippen LogP contribution in [0.2, 0.25) is 0 Å². The predicted octanol–water partition coefficient (Wildman–Crippen LogP) is 5.04. The third-order valence-corrected chi connectivity index (χ3v) is 3.27. The minimum absolute atomic E-state index is 0.265. The van der Waals surface area contributed by atoms with Crippen LogP contribution in [0.4, 0.5) is 0 Å². The smallest absolute Gasteiger partial charge is 0.0376 e. The zero-order chi connectivity index (χ0) is 11.3. The van der Waals surface area contributed by atoms with Crippen LogP contribution in [0.25, 0.3) is 0 Å². The summed E-state index contributed by atoms with van der Waals surface area (Å²) >= 11 is 9.77. The van der Waals surface area contributed by atoms with Gasteiger partial charge in [0.05, 0.1) is 0 Å². The van der Waals surface area contributed by atoms with E-state index in [4.69, 9.17) is 11.6 Å². The van der Waals surface area contributed by atoms with Gasteiger partial charge in [0.1, 0.15) is 0 Å². The molecule has 0 aromatic heterocycles. The summed E-state index contributed by atoms with van der Waals surface area (Å²) in [5.74, 6) is 0.744. The van der Waals surface area contributed by atoms with E-state index in [1.807, 2.05) is 6.07 Å². The lowest BCUT2D eigenvalue weighted by Crippen LogP contribution is -2.05. The first-order chi connectivity index (χ1) is 7.08. The van der Waals surface area contributed by atoms with Crippen molar-refractivity contribution in [2.45, 2.75) is 38.5 Å². The lowest BCUT2D eigenvalue weighted by Gasteiger charge is -2.11. The minimum Gasteiger partial charge on any atom is -0.123 e. The van der Waals surface area contributed by atoms with Gasteiger partial charge < -0.3 is 0 Å². The molecule has 0 fully saturated rings. The number of rotatable bonds is 5. The normalized spacial score (nSPS) is 13.1. The van der Waals surface area contributed by atoms with Gasteiger partial charge in [0.25, 0.3) is 0 Å². The Morgan fingerprint density at radius 1 is 1.27 bits per heavy atom. The highest BCUT2D eigenvalue weighted by molar-refractivity contribution is 9.10. The van der Waals surface area contributed by atoms with Crippen LogP contribution in [0.15, 0.2) is 28.7 Å². The molecule has 84 valence electrons. The number of halogens is 2. The number of alkyl halides is 1. The molecule has 1 rings (SSSR count). The summed E-state index contributed by atoms with van der Waals surface area (Å²) in [6.07, 6.45) is 3.28. The molecular weight excluding hydrogens is 272 g/mol. The van der Waals surface area contributed by atoms with Crippen LogP contribution < -0.4 is 0 Å². The van der Waals surface area contributed by atoms with Crippen LogP contribution in [0.1, 0.15) is 32.3 Å². The molecule has 0 saturated heterocycles. The Bertz CT molecular complexity index is 296. The zero-order valence-corrected chi connectivity index (χ0v) is 11.7. The Morgan fingerprint density at radius 3 is 2.60 bits per heavy atom. The topological polar surface area (TPSA) is 0 Å². The lowest BCUT2D eigenvalue weighted by molar-refractivity contribution is 0.541. The standard InChI is InChI=1S/C13H18BrCl/c1-10(2)6-7-13(15)9-11-4-3-5-12(14)8-11/h3-5,8,10,13H,6-7,9H2,1-2H3. The highest BCUT2D eigenvalue weighted by Crippen LogP contribution is 2.18. The summed E-state index contributed by atoms with van der Waals surface area (Å²) in [7, 11) is 0. The van der Waals surface area contributed by atoms with Gasteiger partial charge in [0.15, 0.2) is 0 Å². The Hall–Kier alpha value is -0.0100. The predicted molar refractivity (Wildman–Crippen MR) is 71.6 cm³/mol. The van der Waals surface area contributed by atoms with E-state index in [9.17, 15) is 0 Å². The molecule has 15 heavy (non-hydrogen) atoms. The van der Waals surface area contributed by atoms with Gasteiger partial charge in [-0.1, -0.05) is 41.9 Å². The average Bonchev–Trinajstić information content (AvgIpc) is 2.15. The van der Waals surface area contributed by atoms with Gasteiger partial charge in [-0.3, -0.25) is 0 Å². The summed E-state index contributed by atoms with van der Waals surface area (Å²) in [4.78, 5) is 0. The molecule has 2 heteroatoms. The van der Waals surface area contributed by atoms with Crippen molar-refractivity contribution in [3.63, 3.8) is 0 Å². The van der Waals surface area contributed by atoms with Gasteiger partial charge in [-0.25, -0.2) is 0 Å². The summed E-state index contributed by atoms with van der Waals surface area (Å²) in [5.41, 5.74) is 1.31. The maximum absolute atomic E-state index is 6.30. The van der Waals surface area contributed by atoms with Crippen molar-refractivity contribution >= 4 is 27.5 Å². The van der Waals surface area contributed by atoms with E-state index in [0.29, 0.717) is 0 Å². The molecule has 0 aliphatic heterocycles. The SMILES string of the molecule is CC(C)CCC(Cl)Cc1cccc(Br)c1. The molecule has 1 atom stereocenters. The molecule has 0 amide bonds. The molecule has 0 aliphatic carbocycles. The maximum atomic E-state index is 6.30. The minimum atomic E-state index is 0.265. The van der Waals surface area contributed by atoms with Crippen molar-refractivity contribution < 1.29 is 0 Å². The van der Waals surface area contributed by atoms with Crippen LogP contribution in [0.3, 0.4) is 0 Å². The maximum Gasteiger partial charge on any atom is 0.0376 e. The average molecular weight is 290 g/mol. The molecule has 0 aliphatic rings. The van der Waals surface area contributed by atoms with E-state index < -0.39 is 0 Å². The van der Waals surface area contributed by atoms with E-state index in [1.54, 1.807) is 0 Å². The molecule has 0 saturated carbocycles. The second kappa shape index (κ2) is 6.55. The molecular formula is C13H18BrCl. The van der Waals surface area contributed by atoms with E-state index in [-0.39, 0.29) is 5.38 Å². The quantitative estimate of drug-likeness (QED) is 0.667. The summed E-state index contributed by atoms with van der Waals surface area (Å²) in [6, 6.07) is 8.38. The third kappa shape index (κ3) is 5.58. The third-order valence-electron chi connectivity index (χ3n) is 2.40. The first-order valence-corrected chi connectivity index (χ1v) is 6.69. The van der Waals surface area contributed by atoms with Gasteiger partial charge in [-0.15, -0.1) is 11.6 Å². The van der Waals surface area contributed by atoms with E-state index >= 15 is 0 Å². The molecule has 1 aromatic rings. The van der Waals surface area contributed by atoms with Crippen molar-refractivity contribution in [1.29, 1.82) is 0 Å². The summed E-state index contributed by atoms with van der Waals surface area (Å²) in [5, 5.41) is 0.265. The molecule has 1 unspecified atom stereocenters. The Kier molecular flexibility index (Phi) is 5.70. The van der Waals surface area contributed by atoms with Crippen LogP contribution in [0, 0.1) is 5.92 Å². The molecule has 0 heterocycles. The molecule has 0 nitrogen and oxygen atoms in total. The van der Waals surface area contributed by atoms with Crippen molar-refractivity contribution in [2.24, 2.45) is 5.92 Å². The fourth-order valence-corrected chi connectivity index (χ4v) is 2.29. The van der Waals surface area contributed by atoms with Gasteiger partial charge in [0.2, 0.25) is 0 Å². The van der Waals surface area contributed by atoms with Gasteiger partial charge in [0, 0.05) is 9.85 Å². The number of hydrogen-bond acceptors (Lipinski definition) is 0. The summed E-state index contributed by atoms with van der Waals surface area (Å²) < 4.78 is 1.13. The van der Waals surface area contributed by atoms with Crippen LogP contribution in [-0.2, 0) is 6.42 Å². The fraction of sp³-hybridized carbons (Fsp3) is 0.538. The Balaban J connectivity index is 2.40. The van der Waals surface area contributed by atoms with E-state index in [1.165, 1.54) is 12.0 Å². The highest BCUT2D eigenvalue weighted by atomic mass is 79.9. The van der Waals surface area contributed by atoms with Crippen molar-refractivity contribution in [1.82, 2.24) is 0 Å².